The molecule has 0 aromatic rings. The molecule has 3 unspecified atom stereocenters. The summed E-state index contributed by atoms with van der Waals surface area (Å²) in [6.45, 7) is 3.07. The van der Waals surface area contributed by atoms with Gasteiger partial charge in [0.2, 0.25) is 0 Å². The van der Waals surface area contributed by atoms with Gasteiger partial charge in [0, 0.05) is 18.9 Å². The van der Waals surface area contributed by atoms with Gasteiger partial charge in [0.1, 0.15) is 5.78 Å². The maximum Gasteiger partial charge on any atom is 0.136 e. The Bertz CT molecular complexity index is 212. The van der Waals surface area contributed by atoms with E-state index < -0.39 is 0 Å². The van der Waals surface area contributed by atoms with Gasteiger partial charge in [-0.15, -0.1) is 0 Å². The molecule has 2 nitrogen and oxygen atoms in total. The summed E-state index contributed by atoms with van der Waals surface area (Å²) in [4.78, 5) is 11.5. The molecule has 3 atom stereocenters. The second kappa shape index (κ2) is 4.43. The van der Waals surface area contributed by atoms with Gasteiger partial charge in [-0.05, 0) is 31.6 Å². The predicted octanol–water partition coefficient (Wildman–Crippen LogP) is 2.56. The van der Waals surface area contributed by atoms with E-state index in [1.165, 1.54) is 12.8 Å². The van der Waals surface area contributed by atoms with Crippen LogP contribution in [0.4, 0.5) is 0 Å². The van der Waals surface area contributed by atoms with E-state index in [9.17, 15) is 4.79 Å². The van der Waals surface area contributed by atoms with Crippen LogP contribution in [-0.2, 0) is 9.53 Å². The fourth-order valence-corrected chi connectivity index (χ4v) is 2.69. The molecule has 0 aliphatic heterocycles. The molecule has 2 aliphatic carbocycles. The number of carbonyl (C=O) groups excluding carboxylic acids is 1. The topological polar surface area (TPSA) is 26.3 Å². The van der Waals surface area contributed by atoms with Crippen molar-refractivity contribution in [2.75, 3.05) is 6.61 Å². The number of unbranched alkanes of at least 4 members (excludes halogenated alkanes) is 1. The summed E-state index contributed by atoms with van der Waals surface area (Å²) in [6, 6.07) is 0. The number of hydrogen-bond donors (Lipinski definition) is 0. The Kier molecular flexibility index (Phi) is 3.22. The molecule has 0 spiro atoms. The van der Waals surface area contributed by atoms with Crippen LogP contribution in [0.1, 0.15) is 45.4 Å². The van der Waals surface area contributed by atoms with Crippen LogP contribution in [0.15, 0.2) is 0 Å². The van der Waals surface area contributed by atoms with E-state index in [0.717, 1.165) is 32.3 Å². The van der Waals surface area contributed by atoms with Gasteiger partial charge >= 0.3 is 0 Å². The summed E-state index contributed by atoms with van der Waals surface area (Å²) >= 11 is 0. The molecule has 2 heteroatoms. The van der Waals surface area contributed by atoms with E-state index in [1.807, 2.05) is 0 Å². The summed E-state index contributed by atoms with van der Waals surface area (Å²) in [5, 5.41) is 0. The van der Waals surface area contributed by atoms with Gasteiger partial charge in [-0.2, -0.15) is 0 Å². The monoisotopic (exact) mass is 196 g/mol. The van der Waals surface area contributed by atoms with E-state index >= 15 is 0 Å². The maximum absolute atomic E-state index is 11.5. The summed E-state index contributed by atoms with van der Waals surface area (Å²) in [7, 11) is 0. The molecule has 2 fully saturated rings. The molecule has 2 saturated carbocycles. The molecule has 0 heterocycles. The van der Waals surface area contributed by atoms with Crippen molar-refractivity contribution in [1.29, 1.82) is 0 Å². The van der Waals surface area contributed by atoms with Crippen molar-refractivity contribution in [3.05, 3.63) is 0 Å². The molecule has 2 rings (SSSR count). The summed E-state index contributed by atoms with van der Waals surface area (Å²) in [5.41, 5.74) is 0. The van der Waals surface area contributed by atoms with Crippen molar-refractivity contribution in [2.24, 2.45) is 11.8 Å². The number of fused-ring (bicyclic) bond motifs is 1. The van der Waals surface area contributed by atoms with Gasteiger partial charge in [0.05, 0.1) is 6.10 Å². The molecule has 80 valence electrons. The van der Waals surface area contributed by atoms with Crippen molar-refractivity contribution in [1.82, 2.24) is 0 Å². The Balaban J connectivity index is 1.74. The van der Waals surface area contributed by atoms with Gasteiger partial charge in [-0.25, -0.2) is 0 Å². The third kappa shape index (κ3) is 1.85. The lowest BCUT2D eigenvalue weighted by atomic mass is 9.63. The second-order valence-electron chi connectivity index (χ2n) is 4.63. The normalized spacial score (nSPS) is 36.4. The summed E-state index contributed by atoms with van der Waals surface area (Å²) in [5.74, 6) is 1.44. The Morgan fingerprint density at radius 3 is 3.14 bits per heavy atom. The number of ketones is 1. The average molecular weight is 196 g/mol. The van der Waals surface area contributed by atoms with Crippen molar-refractivity contribution < 1.29 is 9.53 Å². The molecular weight excluding hydrogens is 176 g/mol. The van der Waals surface area contributed by atoms with Crippen LogP contribution in [0.2, 0.25) is 0 Å². The molecule has 0 bridgehead atoms. The van der Waals surface area contributed by atoms with Crippen molar-refractivity contribution in [2.45, 2.75) is 51.6 Å². The number of carbonyl (C=O) groups is 1. The van der Waals surface area contributed by atoms with E-state index in [-0.39, 0.29) is 0 Å². The van der Waals surface area contributed by atoms with Crippen LogP contribution in [0.25, 0.3) is 0 Å². The Morgan fingerprint density at radius 1 is 1.50 bits per heavy atom. The minimum absolute atomic E-state index is 0.371. The minimum Gasteiger partial charge on any atom is -0.378 e. The van der Waals surface area contributed by atoms with Crippen LogP contribution in [0.3, 0.4) is 0 Å². The van der Waals surface area contributed by atoms with Gasteiger partial charge in [-0.3, -0.25) is 4.79 Å². The molecule has 0 aromatic heterocycles. The second-order valence-corrected chi connectivity index (χ2v) is 4.63. The molecule has 0 radical (unpaired) electrons. The lowest BCUT2D eigenvalue weighted by Gasteiger charge is -2.46. The van der Waals surface area contributed by atoms with E-state index in [2.05, 4.69) is 6.92 Å². The first-order valence-electron chi connectivity index (χ1n) is 5.97. The SMILES string of the molecule is CCCCOC1CC2C(=O)CCCC12. The van der Waals surface area contributed by atoms with Crippen LogP contribution in [0, 0.1) is 11.8 Å². The number of hydrogen-bond acceptors (Lipinski definition) is 2. The Hall–Kier alpha value is -0.370. The maximum atomic E-state index is 11.5. The minimum atomic E-state index is 0.371. The van der Waals surface area contributed by atoms with E-state index in [0.29, 0.717) is 23.7 Å². The van der Waals surface area contributed by atoms with Gasteiger partial charge in [0.15, 0.2) is 0 Å². The van der Waals surface area contributed by atoms with E-state index in [4.69, 9.17) is 4.74 Å². The molecule has 0 N–H and O–H groups in total. The number of ether oxygens (including phenoxy) is 1. The Labute approximate surface area is 86.0 Å². The summed E-state index contributed by atoms with van der Waals surface area (Å²) < 4.78 is 5.78. The lowest BCUT2D eigenvalue weighted by molar-refractivity contribution is -0.148. The lowest BCUT2D eigenvalue weighted by Crippen LogP contribution is -2.49. The van der Waals surface area contributed by atoms with Crippen LogP contribution in [-0.4, -0.2) is 18.5 Å². The van der Waals surface area contributed by atoms with Gasteiger partial charge in [-0.1, -0.05) is 13.3 Å². The van der Waals surface area contributed by atoms with Crippen LogP contribution >= 0.6 is 0 Å². The largest absolute Gasteiger partial charge is 0.378 e. The van der Waals surface area contributed by atoms with E-state index in [1.54, 1.807) is 0 Å². The Morgan fingerprint density at radius 2 is 2.36 bits per heavy atom. The quantitative estimate of drug-likeness (QED) is 0.646. The fraction of sp³-hybridized carbons (Fsp3) is 0.917. The molecule has 14 heavy (non-hydrogen) atoms. The first-order chi connectivity index (χ1) is 6.83. The third-order valence-corrected chi connectivity index (χ3v) is 3.68. The zero-order chi connectivity index (χ0) is 9.97. The van der Waals surface area contributed by atoms with Crippen molar-refractivity contribution in [3.63, 3.8) is 0 Å². The molecule has 0 aromatic carbocycles. The highest BCUT2D eigenvalue weighted by molar-refractivity contribution is 5.83. The van der Waals surface area contributed by atoms with Crippen molar-refractivity contribution >= 4 is 5.78 Å². The highest BCUT2D eigenvalue weighted by Crippen LogP contribution is 2.44. The zero-order valence-corrected chi connectivity index (χ0v) is 9.00. The van der Waals surface area contributed by atoms with Crippen molar-refractivity contribution in [3.8, 4) is 0 Å². The highest BCUT2D eigenvalue weighted by Gasteiger charge is 2.46. The van der Waals surface area contributed by atoms with Crippen LogP contribution in [0.5, 0.6) is 0 Å². The third-order valence-electron chi connectivity index (χ3n) is 3.68. The zero-order valence-electron chi connectivity index (χ0n) is 9.00. The average Bonchev–Trinajstić information content (AvgIpc) is 2.15. The van der Waals surface area contributed by atoms with Crippen LogP contribution < -0.4 is 0 Å². The summed E-state index contributed by atoms with van der Waals surface area (Å²) in [6.07, 6.45) is 6.90. The molecular formula is C12H20O2. The number of Topliss-reactive ketones (excluding diaryl/α,β-unsaturated/α-hetero) is 1. The molecule has 0 saturated heterocycles. The number of rotatable bonds is 4. The highest BCUT2D eigenvalue weighted by atomic mass is 16.5. The molecule has 0 amide bonds. The first-order valence-corrected chi connectivity index (χ1v) is 5.97. The van der Waals surface area contributed by atoms with Gasteiger partial charge in [0.25, 0.3) is 0 Å². The van der Waals surface area contributed by atoms with Gasteiger partial charge < -0.3 is 4.74 Å². The molecule has 2 aliphatic rings. The first kappa shape index (κ1) is 10.2. The standard InChI is InChI=1S/C12H20O2/c1-2-3-7-14-12-8-10-9(12)5-4-6-11(10)13/h9-10,12H,2-8H2,1H3. The fourth-order valence-electron chi connectivity index (χ4n) is 2.69. The predicted molar refractivity (Wildman–Crippen MR) is 55.1 cm³/mol. The smallest absolute Gasteiger partial charge is 0.136 e.